The van der Waals surface area contributed by atoms with Crippen molar-refractivity contribution in [3.05, 3.63) is 144 Å². The first-order chi connectivity index (χ1) is 15.3. The van der Waals surface area contributed by atoms with Crippen molar-refractivity contribution in [2.45, 2.75) is 18.1 Å². The normalized spacial score (nSPS) is 11.5. The molecule has 0 aliphatic rings. The first-order valence-corrected chi connectivity index (χ1v) is 13.2. The Bertz CT molecular complexity index is 966. The van der Waals surface area contributed by atoms with Crippen LogP contribution in [0.15, 0.2) is 126 Å². The molecule has 4 aromatic carbocycles. The second-order valence-electron chi connectivity index (χ2n) is 7.91. The Balaban J connectivity index is 1.69. The molecule has 4 aromatic rings. The zero-order valence-electron chi connectivity index (χ0n) is 17.6. The highest BCUT2D eigenvalue weighted by Crippen LogP contribution is 2.24. The van der Waals surface area contributed by atoms with Crippen molar-refractivity contribution in [2.75, 3.05) is 0 Å². The lowest BCUT2D eigenvalue weighted by molar-refractivity contribution is 0.319. The zero-order chi connectivity index (χ0) is 21.2. The van der Waals surface area contributed by atoms with Crippen molar-refractivity contribution in [1.82, 2.24) is 0 Å². The fraction of sp³-hybridized carbons (Fsp3) is 0.107. The van der Waals surface area contributed by atoms with E-state index in [0.717, 1.165) is 23.7 Å². The van der Waals surface area contributed by atoms with Gasteiger partial charge in [0.2, 0.25) is 0 Å². The van der Waals surface area contributed by atoms with Crippen LogP contribution in [0, 0.1) is 0 Å². The molecule has 0 aliphatic carbocycles. The molecular weight excluding hydrogens is 394 g/mol. The Kier molecular flexibility index (Phi) is 7.09. The number of nitrogens with zero attached hydrogens (tertiary/aromatic N) is 1. The summed E-state index contributed by atoms with van der Waals surface area (Å²) in [7, 11) is -2.37. The zero-order valence-corrected chi connectivity index (χ0v) is 18.6. The lowest BCUT2D eigenvalue weighted by Gasteiger charge is -2.29. The van der Waals surface area contributed by atoms with E-state index in [2.05, 4.69) is 96.2 Å². The number of rotatable bonds is 9. The van der Waals surface area contributed by atoms with Crippen molar-refractivity contribution in [3.63, 3.8) is 0 Å². The van der Waals surface area contributed by atoms with Crippen LogP contribution in [0.25, 0.3) is 0 Å². The molecule has 0 amide bonds. The largest absolute Gasteiger partial charge is 0.454 e. The quantitative estimate of drug-likeness (QED) is 0.176. The summed E-state index contributed by atoms with van der Waals surface area (Å²) in [4.78, 5) is 0. The molecule has 154 valence electrons. The first kappa shape index (κ1) is 20.8. The van der Waals surface area contributed by atoms with E-state index < -0.39 is 8.32 Å². The molecule has 0 unspecified atom stereocenters. The van der Waals surface area contributed by atoms with Crippen LogP contribution in [-0.2, 0) is 22.7 Å². The van der Waals surface area contributed by atoms with Gasteiger partial charge in [0.05, 0.1) is 6.21 Å². The summed E-state index contributed by atoms with van der Waals surface area (Å²) in [5.74, 6) is 0. The van der Waals surface area contributed by atoms with E-state index in [0.29, 0.717) is 0 Å². The standard InChI is InChI=1S/C28H27NOSi/c1-5-13-25(14-6-1)21-29-30-31(22-26-15-7-2-8-16-26,23-27-17-9-3-10-18-27)24-28-19-11-4-12-20-28/h1-21H,22-24H2. The van der Waals surface area contributed by atoms with Gasteiger partial charge < -0.3 is 4.53 Å². The van der Waals surface area contributed by atoms with Crippen LogP contribution in [-0.4, -0.2) is 14.5 Å². The van der Waals surface area contributed by atoms with Gasteiger partial charge >= 0.3 is 0 Å². The third-order valence-corrected chi connectivity index (χ3v) is 9.01. The van der Waals surface area contributed by atoms with Gasteiger partial charge in [0.1, 0.15) is 0 Å². The predicted octanol–water partition coefficient (Wildman–Crippen LogP) is 6.33. The fourth-order valence-electron chi connectivity index (χ4n) is 3.93. The number of hydrogen-bond donors (Lipinski definition) is 0. The van der Waals surface area contributed by atoms with Gasteiger partial charge in [-0.25, -0.2) is 0 Å². The van der Waals surface area contributed by atoms with Crippen LogP contribution in [0.2, 0.25) is 0 Å². The Hall–Kier alpha value is -3.43. The maximum atomic E-state index is 6.55. The summed E-state index contributed by atoms with van der Waals surface area (Å²) in [5, 5.41) is 4.54. The monoisotopic (exact) mass is 421 g/mol. The van der Waals surface area contributed by atoms with Crippen molar-refractivity contribution in [3.8, 4) is 0 Å². The molecule has 0 saturated carbocycles. The molecule has 0 aliphatic heterocycles. The number of benzene rings is 4. The third-order valence-electron chi connectivity index (χ3n) is 5.36. The molecule has 0 radical (unpaired) electrons. The van der Waals surface area contributed by atoms with Gasteiger partial charge in [-0.2, -0.15) is 0 Å². The maximum Gasteiger partial charge on any atom is 0.300 e. The molecule has 4 rings (SSSR count). The van der Waals surface area contributed by atoms with E-state index in [-0.39, 0.29) is 0 Å². The van der Waals surface area contributed by atoms with Gasteiger partial charge in [0, 0.05) is 18.1 Å². The smallest absolute Gasteiger partial charge is 0.300 e. The summed E-state index contributed by atoms with van der Waals surface area (Å²) in [5.41, 5.74) is 4.95. The Morgan fingerprint density at radius 2 is 0.871 bits per heavy atom. The number of oxime groups is 1. The molecule has 2 nitrogen and oxygen atoms in total. The van der Waals surface area contributed by atoms with Crippen LogP contribution in [0.5, 0.6) is 0 Å². The number of hydrogen-bond acceptors (Lipinski definition) is 2. The molecule has 0 saturated heterocycles. The third kappa shape index (κ3) is 6.27. The highest BCUT2D eigenvalue weighted by atomic mass is 28.4. The van der Waals surface area contributed by atoms with Gasteiger partial charge in [-0.3, -0.25) is 0 Å². The summed E-state index contributed by atoms with van der Waals surface area (Å²) in [6.45, 7) is 0. The Labute approximate surface area is 186 Å². The summed E-state index contributed by atoms with van der Waals surface area (Å²) in [6.07, 6.45) is 1.84. The fourth-order valence-corrected chi connectivity index (χ4v) is 7.71. The van der Waals surface area contributed by atoms with Crippen LogP contribution in [0.3, 0.4) is 0 Å². The maximum absolute atomic E-state index is 6.55. The molecule has 31 heavy (non-hydrogen) atoms. The first-order valence-electron chi connectivity index (χ1n) is 10.7. The average molecular weight is 422 g/mol. The molecule has 0 N–H and O–H groups in total. The highest BCUT2D eigenvalue weighted by Gasteiger charge is 2.39. The lowest BCUT2D eigenvalue weighted by Crippen LogP contribution is -2.46. The molecule has 0 spiro atoms. The van der Waals surface area contributed by atoms with Crippen molar-refractivity contribution < 1.29 is 4.53 Å². The van der Waals surface area contributed by atoms with Crippen LogP contribution < -0.4 is 0 Å². The van der Waals surface area contributed by atoms with Gasteiger partial charge in [0.25, 0.3) is 8.32 Å². The lowest BCUT2D eigenvalue weighted by atomic mass is 10.2. The van der Waals surface area contributed by atoms with Gasteiger partial charge in [-0.05, 0) is 22.3 Å². The molecule has 3 heteroatoms. The van der Waals surface area contributed by atoms with Crippen molar-refractivity contribution in [2.24, 2.45) is 5.16 Å². The van der Waals surface area contributed by atoms with Gasteiger partial charge in [-0.1, -0.05) is 121 Å². The second kappa shape index (κ2) is 10.6. The van der Waals surface area contributed by atoms with E-state index in [4.69, 9.17) is 4.53 Å². The van der Waals surface area contributed by atoms with E-state index >= 15 is 0 Å². The van der Waals surface area contributed by atoms with E-state index in [9.17, 15) is 0 Å². The Morgan fingerprint density at radius 1 is 0.516 bits per heavy atom. The molecule has 0 atom stereocenters. The molecule has 0 bridgehead atoms. The van der Waals surface area contributed by atoms with Crippen LogP contribution in [0.4, 0.5) is 0 Å². The van der Waals surface area contributed by atoms with Gasteiger partial charge in [0.15, 0.2) is 0 Å². The minimum atomic E-state index is -2.37. The van der Waals surface area contributed by atoms with E-state index in [1.54, 1.807) is 0 Å². The predicted molar refractivity (Wildman–Crippen MR) is 131 cm³/mol. The van der Waals surface area contributed by atoms with E-state index in [1.807, 2.05) is 36.5 Å². The summed E-state index contributed by atoms with van der Waals surface area (Å²) >= 11 is 0. The minimum Gasteiger partial charge on any atom is -0.454 e. The molecule has 0 heterocycles. The molecule has 0 fully saturated rings. The molecule has 0 aromatic heterocycles. The summed E-state index contributed by atoms with van der Waals surface area (Å²) < 4.78 is 6.55. The summed E-state index contributed by atoms with van der Waals surface area (Å²) in [6, 6.07) is 44.9. The van der Waals surface area contributed by atoms with Crippen LogP contribution in [0.1, 0.15) is 22.3 Å². The minimum absolute atomic E-state index is 0.907. The Morgan fingerprint density at radius 3 is 1.26 bits per heavy atom. The second-order valence-corrected chi connectivity index (χ2v) is 11.5. The van der Waals surface area contributed by atoms with E-state index in [1.165, 1.54) is 16.7 Å². The van der Waals surface area contributed by atoms with Gasteiger partial charge in [-0.15, -0.1) is 5.16 Å². The van der Waals surface area contributed by atoms with Crippen molar-refractivity contribution in [1.29, 1.82) is 0 Å². The topological polar surface area (TPSA) is 21.6 Å². The molecular formula is C28H27NOSi. The average Bonchev–Trinajstić information content (AvgIpc) is 2.82. The SMILES string of the molecule is C(=NO[Si](Cc1ccccc1)(Cc1ccccc1)Cc1ccccc1)c1ccccc1. The van der Waals surface area contributed by atoms with Crippen LogP contribution >= 0.6 is 0 Å². The van der Waals surface area contributed by atoms with Crippen molar-refractivity contribution >= 4 is 14.5 Å². The highest BCUT2D eigenvalue weighted by molar-refractivity contribution is 6.72.